The van der Waals surface area contributed by atoms with Gasteiger partial charge in [0.1, 0.15) is 5.71 Å². The third-order valence-corrected chi connectivity index (χ3v) is 6.95. The number of nitrogens with one attached hydrogen (secondary N) is 1. The lowest BCUT2D eigenvalue weighted by Gasteiger charge is -2.27. The largest absolute Gasteiger partial charge is 0.310 e. The maximum Gasteiger partial charge on any atom is 0.274 e. The third kappa shape index (κ3) is 3.89. The van der Waals surface area contributed by atoms with Gasteiger partial charge in [0.2, 0.25) is 11.9 Å². The van der Waals surface area contributed by atoms with E-state index in [1.807, 2.05) is 35.8 Å². The minimum absolute atomic E-state index is 0.0412. The molecule has 4 rings (SSSR count). The zero-order valence-corrected chi connectivity index (χ0v) is 17.0. The van der Waals surface area contributed by atoms with Crippen LogP contribution in [0.2, 0.25) is 0 Å². The van der Waals surface area contributed by atoms with E-state index in [2.05, 4.69) is 15.4 Å². The van der Waals surface area contributed by atoms with Crippen molar-refractivity contribution in [2.75, 3.05) is 16.8 Å². The Morgan fingerprint density at radius 2 is 2.07 bits per heavy atom. The first kappa shape index (κ1) is 19.6. The molecule has 3 heterocycles. The summed E-state index contributed by atoms with van der Waals surface area (Å²) in [6.45, 7) is 2.75. The van der Waals surface area contributed by atoms with E-state index >= 15 is 0 Å². The average molecular weight is 417 g/mol. The molecule has 0 aliphatic carbocycles. The summed E-state index contributed by atoms with van der Waals surface area (Å²) in [5.74, 6) is -0.297. The molecule has 0 saturated carbocycles. The van der Waals surface area contributed by atoms with Crippen LogP contribution in [0.25, 0.3) is 11.0 Å². The average Bonchev–Trinajstić information content (AvgIpc) is 3.22. The summed E-state index contributed by atoms with van der Waals surface area (Å²) in [6, 6.07) is 7.15. The van der Waals surface area contributed by atoms with Crippen LogP contribution < -0.4 is 5.32 Å². The van der Waals surface area contributed by atoms with Crippen LogP contribution in [-0.4, -0.2) is 58.1 Å². The first-order valence-electron chi connectivity index (χ1n) is 9.74. The molecule has 154 valence electrons. The molecule has 0 bridgehead atoms. The minimum atomic E-state index is -3.16. The van der Waals surface area contributed by atoms with Gasteiger partial charge in [-0.25, -0.2) is 18.4 Å². The van der Waals surface area contributed by atoms with Crippen LogP contribution in [-0.2, 0) is 26.0 Å². The number of hydrazone groups is 1. The van der Waals surface area contributed by atoms with E-state index in [1.165, 1.54) is 5.01 Å². The molecule has 0 unspecified atom stereocenters. The van der Waals surface area contributed by atoms with Gasteiger partial charge in [0, 0.05) is 19.4 Å². The van der Waals surface area contributed by atoms with Crippen LogP contribution in [0.3, 0.4) is 0 Å². The number of amides is 2. The van der Waals surface area contributed by atoms with Gasteiger partial charge in [0.25, 0.3) is 5.91 Å². The van der Waals surface area contributed by atoms with Crippen molar-refractivity contribution >= 4 is 44.3 Å². The maximum absolute atomic E-state index is 12.8. The molecule has 1 saturated heterocycles. The molecule has 2 aliphatic rings. The summed E-state index contributed by atoms with van der Waals surface area (Å²) in [6.07, 6.45) is 1.57. The standard InChI is InChI=1S/C19H23N5O4S/c1-2-10-23-16-6-4-3-5-14(16)20-19(23)21-18(26)15-7-8-17(25)24(22-15)13-9-11-29(27,28)12-13/h3-6,13H,2,7-12H2,1H3,(H,20,21,26)/t13-/m0/s1. The van der Waals surface area contributed by atoms with Crippen LogP contribution >= 0.6 is 0 Å². The van der Waals surface area contributed by atoms with Gasteiger partial charge in [-0.15, -0.1) is 0 Å². The van der Waals surface area contributed by atoms with Crippen LogP contribution in [0.4, 0.5) is 5.95 Å². The Balaban J connectivity index is 1.58. The molecule has 0 spiro atoms. The fourth-order valence-electron chi connectivity index (χ4n) is 3.78. The lowest BCUT2D eigenvalue weighted by molar-refractivity contribution is -0.133. The number of anilines is 1. The molecule has 2 amide bonds. The van der Waals surface area contributed by atoms with Crippen molar-refractivity contribution in [2.24, 2.45) is 5.10 Å². The molecule has 1 N–H and O–H groups in total. The third-order valence-electron chi connectivity index (χ3n) is 5.20. The van der Waals surface area contributed by atoms with E-state index in [0.29, 0.717) is 18.9 Å². The molecular formula is C19H23N5O4S. The lowest BCUT2D eigenvalue weighted by Crippen LogP contribution is -2.42. The number of hydrogen-bond acceptors (Lipinski definition) is 6. The highest BCUT2D eigenvalue weighted by molar-refractivity contribution is 7.91. The molecule has 2 aromatic rings. The van der Waals surface area contributed by atoms with Crippen molar-refractivity contribution in [3.05, 3.63) is 24.3 Å². The predicted molar refractivity (Wildman–Crippen MR) is 109 cm³/mol. The second-order valence-corrected chi connectivity index (χ2v) is 9.60. The highest BCUT2D eigenvalue weighted by Crippen LogP contribution is 2.23. The van der Waals surface area contributed by atoms with E-state index in [4.69, 9.17) is 0 Å². The van der Waals surface area contributed by atoms with Gasteiger partial charge >= 0.3 is 0 Å². The number of rotatable bonds is 5. The van der Waals surface area contributed by atoms with Crippen LogP contribution in [0.5, 0.6) is 0 Å². The topological polar surface area (TPSA) is 114 Å². The van der Waals surface area contributed by atoms with Crippen LogP contribution in [0.1, 0.15) is 32.6 Å². The van der Waals surface area contributed by atoms with E-state index in [9.17, 15) is 18.0 Å². The highest BCUT2D eigenvalue weighted by atomic mass is 32.2. The van der Waals surface area contributed by atoms with Gasteiger partial charge in [0.05, 0.1) is 28.6 Å². The summed E-state index contributed by atoms with van der Waals surface area (Å²) in [5.41, 5.74) is 1.93. The number of nitrogens with zero attached hydrogens (tertiary/aromatic N) is 4. The highest BCUT2D eigenvalue weighted by Gasteiger charge is 2.37. The fourth-order valence-corrected chi connectivity index (χ4v) is 5.47. The van der Waals surface area contributed by atoms with Gasteiger partial charge in [-0.1, -0.05) is 19.1 Å². The van der Waals surface area contributed by atoms with Crippen molar-refractivity contribution in [1.29, 1.82) is 0 Å². The molecule has 9 nitrogen and oxygen atoms in total. The number of aromatic nitrogens is 2. The molecule has 1 fully saturated rings. The van der Waals surface area contributed by atoms with Gasteiger partial charge in [0.15, 0.2) is 9.84 Å². The number of carbonyl (C=O) groups excluding carboxylic acids is 2. The molecule has 1 aromatic carbocycles. The number of fused-ring (bicyclic) bond motifs is 1. The number of carbonyl (C=O) groups is 2. The lowest BCUT2D eigenvalue weighted by atomic mass is 10.1. The van der Waals surface area contributed by atoms with Crippen molar-refractivity contribution in [3.8, 4) is 0 Å². The van der Waals surface area contributed by atoms with Crippen molar-refractivity contribution in [3.63, 3.8) is 0 Å². The Hall–Kier alpha value is -2.75. The number of imidazole rings is 1. The number of sulfone groups is 1. The maximum atomic E-state index is 12.8. The second kappa shape index (κ2) is 7.58. The number of aryl methyl sites for hydroxylation is 1. The molecule has 0 radical (unpaired) electrons. The van der Waals surface area contributed by atoms with E-state index in [1.54, 1.807) is 0 Å². The normalized spacial score (nSPS) is 21.4. The predicted octanol–water partition coefficient (Wildman–Crippen LogP) is 1.55. The summed E-state index contributed by atoms with van der Waals surface area (Å²) in [5, 5.41) is 8.24. The Morgan fingerprint density at radius 1 is 1.28 bits per heavy atom. The first-order valence-corrected chi connectivity index (χ1v) is 11.6. The quantitative estimate of drug-likeness (QED) is 0.793. The molecule has 1 aromatic heterocycles. The Labute approximate surface area is 168 Å². The van der Waals surface area contributed by atoms with E-state index in [-0.39, 0.29) is 36.0 Å². The molecule has 2 aliphatic heterocycles. The minimum Gasteiger partial charge on any atom is -0.310 e. The Bertz CT molecular complexity index is 1100. The number of hydrogen-bond donors (Lipinski definition) is 1. The number of benzene rings is 1. The van der Waals surface area contributed by atoms with Crippen molar-refractivity contribution < 1.29 is 18.0 Å². The van der Waals surface area contributed by atoms with Crippen LogP contribution in [0, 0.1) is 0 Å². The van der Waals surface area contributed by atoms with Crippen LogP contribution in [0.15, 0.2) is 29.4 Å². The van der Waals surface area contributed by atoms with Crippen molar-refractivity contribution in [1.82, 2.24) is 14.6 Å². The van der Waals surface area contributed by atoms with E-state index < -0.39 is 21.8 Å². The Morgan fingerprint density at radius 3 is 2.79 bits per heavy atom. The zero-order valence-electron chi connectivity index (χ0n) is 16.2. The SMILES string of the molecule is CCCn1c(NC(=O)C2=NN([C@H]3CCS(=O)(=O)C3)C(=O)CC2)nc2ccccc21. The fraction of sp³-hybridized carbons (Fsp3) is 0.474. The monoisotopic (exact) mass is 417 g/mol. The Kier molecular flexibility index (Phi) is 5.12. The van der Waals surface area contributed by atoms with Gasteiger partial charge in [-0.05, 0) is 25.0 Å². The number of para-hydroxylation sites is 2. The van der Waals surface area contributed by atoms with Gasteiger partial charge in [-0.2, -0.15) is 5.10 Å². The van der Waals surface area contributed by atoms with Gasteiger partial charge in [-0.3, -0.25) is 14.9 Å². The zero-order chi connectivity index (χ0) is 20.6. The van der Waals surface area contributed by atoms with E-state index in [0.717, 1.165) is 17.5 Å². The molecule has 29 heavy (non-hydrogen) atoms. The molecular weight excluding hydrogens is 394 g/mol. The second-order valence-electron chi connectivity index (χ2n) is 7.37. The summed E-state index contributed by atoms with van der Waals surface area (Å²) < 4.78 is 25.5. The van der Waals surface area contributed by atoms with Gasteiger partial charge < -0.3 is 4.57 Å². The summed E-state index contributed by atoms with van der Waals surface area (Å²) >= 11 is 0. The summed E-state index contributed by atoms with van der Waals surface area (Å²) in [4.78, 5) is 29.6. The first-order chi connectivity index (χ1) is 13.9. The van der Waals surface area contributed by atoms with Crippen molar-refractivity contribution in [2.45, 2.75) is 45.2 Å². The molecule has 1 atom stereocenters. The molecule has 10 heteroatoms. The smallest absolute Gasteiger partial charge is 0.274 e. The summed E-state index contributed by atoms with van der Waals surface area (Å²) in [7, 11) is -3.16.